The van der Waals surface area contributed by atoms with Gasteiger partial charge in [0.25, 0.3) is 0 Å². The fraction of sp³-hybridized carbons (Fsp3) is 0.846. The first kappa shape index (κ1) is 12.7. The highest BCUT2D eigenvalue weighted by atomic mass is 15.1. The van der Waals surface area contributed by atoms with E-state index in [0.717, 1.165) is 12.5 Å². The van der Waals surface area contributed by atoms with E-state index in [-0.39, 0.29) is 0 Å². The lowest BCUT2D eigenvalue weighted by Crippen LogP contribution is -2.34. The Morgan fingerprint density at radius 3 is 2.67 bits per heavy atom. The van der Waals surface area contributed by atoms with Crippen molar-refractivity contribution in [3.8, 4) is 0 Å². The van der Waals surface area contributed by atoms with Crippen LogP contribution in [0.15, 0.2) is 12.2 Å². The van der Waals surface area contributed by atoms with Crippen LogP contribution < -0.4 is 5.32 Å². The molecule has 0 radical (unpaired) electrons. The van der Waals surface area contributed by atoms with Crippen molar-refractivity contribution in [3.63, 3.8) is 0 Å². The molecule has 1 rings (SSSR count). The van der Waals surface area contributed by atoms with E-state index in [2.05, 4.69) is 36.2 Å². The zero-order valence-corrected chi connectivity index (χ0v) is 10.3. The van der Waals surface area contributed by atoms with Gasteiger partial charge in [-0.25, -0.2) is 0 Å². The normalized spacial score (nSPS) is 21.1. The lowest BCUT2D eigenvalue weighted by Gasteiger charge is -2.21. The third-order valence-corrected chi connectivity index (χ3v) is 3.31. The van der Waals surface area contributed by atoms with Crippen molar-refractivity contribution in [2.45, 2.75) is 33.1 Å². The predicted octanol–water partition coefficient (Wildman–Crippen LogP) is 2.27. The molecule has 0 amide bonds. The van der Waals surface area contributed by atoms with Crippen molar-refractivity contribution >= 4 is 0 Å². The summed E-state index contributed by atoms with van der Waals surface area (Å²) in [6.07, 6.45) is 8.57. The molecule has 1 aliphatic carbocycles. The monoisotopic (exact) mass is 210 g/mol. The third kappa shape index (κ3) is 5.33. The van der Waals surface area contributed by atoms with Gasteiger partial charge in [0.2, 0.25) is 0 Å². The molecular formula is C13H26N2. The van der Waals surface area contributed by atoms with E-state index in [1.165, 1.54) is 45.4 Å². The van der Waals surface area contributed by atoms with Crippen LogP contribution >= 0.6 is 0 Å². The highest BCUT2D eigenvalue weighted by Crippen LogP contribution is 2.16. The van der Waals surface area contributed by atoms with Gasteiger partial charge in [-0.15, -0.1) is 0 Å². The molecular weight excluding hydrogens is 184 g/mol. The van der Waals surface area contributed by atoms with Crippen LogP contribution in [0.3, 0.4) is 0 Å². The standard InChI is InChI=1S/C13H26N2/c1-3-15(4-2)11-10-14-12-13-8-6-5-7-9-13/h5-6,13-14H,3-4,7-12H2,1-2H3. The zero-order chi connectivity index (χ0) is 10.9. The van der Waals surface area contributed by atoms with Crippen molar-refractivity contribution in [2.75, 3.05) is 32.7 Å². The average molecular weight is 210 g/mol. The van der Waals surface area contributed by atoms with Crippen molar-refractivity contribution in [1.82, 2.24) is 10.2 Å². The van der Waals surface area contributed by atoms with Crippen LogP contribution in [-0.2, 0) is 0 Å². The minimum atomic E-state index is 0.881. The van der Waals surface area contributed by atoms with Gasteiger partial charge in [-0.05, 0) is 44.8 Å². The Kier molecular flexibility index (Phi) is 6.69. The molecule has 2 heteroatoms. The number of nitrogens with one attached hydrogen (secondary N) is 1. The van der Waals surface area contributed by atoms with E-state index in [1.54, 1.807) is 0 Å². The van der Waals surface area contributed by atoms with Gasteiger partial charge in [0.05, 0.1) is 0 Å². The molecule has 2 nitrogen and oxygen atoms in total. The summed E-state index contributed by atoms with van der Waals surface area (Å²) in [6.45, 7) is 10.3. The third-order valence-electron chi connectivity index (χ3n) is 3.31. The van der Waals surface area contributed by atoms with Gasteiger partial charge in [-0.1, -0.05) is 26.0 Å². The highest BCUT2D eigenvalue weighted by molar-refractivity contribution is 4.90. The fourth-order valence-corrected chi connectivity index (χ4v) is 2.12. The summed E-state index contributed by atoms with van der Waals surface area (Å²) in [5.74, 6) is 0.881. The SMILES string of the molecule is CCN(CC)CCNCC1CC=CCC1. The quantitative estimate of drug-likeness (QED) is 0.512. The molecule has 0 spiro atoms. The lowest BCUT2D eigenvalue weighted by molar-refractivity contribution is 0.297. The summed E-state index contributed by atoms with van der Waals surface area (Å²) in [5.41, 5.74) is 0. The summed E-state index contributed by atoms with van der Waals surface area (Å²) >= 11 is 0. The van der Waals surface area contributed by atoms with E-state index in [9.17, 15) is 0 Å². The first-order valence-corrected chi connectivity index (χ1v) is 6.44. The fourth-order valence-electron chi connectivity index (χ4n) is 2.12. The van der Waals surface area contributed by atoms with Crippen LogP contribution in [0.1, 0.15) is 33.1 Å². The Morgan fingerprint density at radius 1 is 1.27 bits per heavy atom. The molecule has 15 heavy (non-hydrogen) atoms. The van der Waals surface area contributed by atoms with Crippen LogP contribution in [-0.4, -0.2) is 37.6 Å². The predicted molar refractivity (Wildman–Crippen MR) is 67.1 cm³/mol. The van der Waals surface area contributed by atoms with E-state index in [0.29, 0.717) is 0 Å². The number of likely N-dealkylation sites (N-methyl/N-ethyl adjacent to an activating group) is 1. The smallest absolute Gasteiger partial charge is 0.0107 e. The Balaban J connectivity index is 1.98. The molecule has 1 N–H and O–H groups in total. The summed E-state index contributed by atoms with van der Waals surface area (Å²) < 4.78 is 0. The van der Waals surface area contributed by atoms with Crippen molar-refractivity contribution in [3.05, 3.63) is 12.2 Å². The average Bonchev–Trinajstić information content (AvgIpc) is 2.31. The topological polar surface area (TPSA) is 15.3 Å². The maximum absolute atomic E-state index is 3.58. The number of hydrogen-bond donors (Lipinski definition) is 1. The molecule has 1 atom stereocenters. The van der Waals surface area contributed by atoms with Crippen LogP contribution in [0.4, 0.5) is 0 Å². The molecule has 0 aromatic heterocycles. The van der Waals surface area contributed by atoms with Gasteiger partial charge in [-0.2, -0.15) is 0 Å². The molecule has 1 aliphatic rings. The largest absolute Gasteiger partial charge is 0.315 e. The minimum Gasteiger partial charge on any atom is -0.315 e. The van der Waals surface area contributed by atoms with Gasteiger partial charge in [0.15, 0.2) is 0 Å². The molecule has 0 saturated carbocycles. The van der Waals surface area contributed by atoms with Crippen LogP contribution in [0.2, 0.25) is 0 Å². The molecule has 0 fully saturated rings. The first-order chi connectivity index (χ1) is 7.36. The number of rotatable bonds is 7. The molecule has 0 saturated heterocycles. The maximum Gasteiger partial charge on any atom is 0.0107 e. The van der Waals surface area contributed by atoms with Gasteiger partial charge >= 0.3 is 0 Å². The van der Waals surface area contributed by atoms with Crippen LogP contribution in [0.5, 0.6) is 0 Å². The summed E-state index contributed by atoms with van der Waals surface area (Å²) in [5, 5.41) is 3.58. The van der Waals surface area contributed by atoms with Gasteiger partial charge < -0.3 is 10.2 Å². The second-order valence-corrected chi connectivity index (χ2v) is 4.38. The van der Waals surface area contributed by atoms with Crippen molar-refractivity contribution in [2.24, 2.45) is 5.92 Å². The van der Waals surface area contributed by atoms with E-state index < -0.39 is 0 Å². The second-order valence-electron chi connectivity index (χ2n) is 4.38. The molecule has 0 aromatic carbocycles. The van der Waals surface area contributed by atoms with Crippen LogP contribution in [0, 0.1) is 5.92 Å². The Morgan fingerprint density at radius 2 is 2.07 bits per heavy atom. The van der Waals surface area contributed by atoms with E-state index in [4.69, 9.17) is 0 Å². The number of nitrogens with zero attached hydrogens (tertiary/aromatic N) is 1. The minimum absolute atomic E-state index is 0.881. The van der Waals surface area contributed by atoms with Gasteiger partial charge in [-0.3, -0.25) is 0 Å². The zero-order valence-electron chi connectivity index (χ0n) is 10.3. The molecule has 0 bridgehead atoms. The summed E-state index contributed by atoms with van der Waals surface area (Å²) in [6, 6.07) is 0. The van der Waals surface area contributed by atoms with Crippen LogP contribution in [0.25, 0.3) is 0 Å². The Bertz CT molecular complexity index is 173. The molecule has 0 aliphatic heterocycles. The maximum atomic E-state index is 3.58. The molecule has 0 heterocycles. The van der Waals surface area contributed by atoms with Gasteiger partial charge in [0, 0.05) is 13.1 Å². The van der Waals surface area contributed by atoms with E-state index >= 15 is 0 Å². The first-order valence-electron chi connectivity index (χ1n) is 6.44. The summed E-state index contributed by atoms with van der Waals surface area (Å²) in [7, 11) is 0. The molecule has 1 unspecified atom stereocenters. The summed E-state index contributed by atoms with van der Waals surface area (Å²) in [4.78, 5) is 2.47. The lowest BCUT2D eigenvalue weighted by atomic mass is 9.94. The Hall–Kier alpha value is -0.340. The molecule has 0 aromatic rings. The van der Waals surface area contributed by atoms with Gasteiger partial charge in [0.1, 0.15) is 0 Å². The van der Waals surface area contributed by atoms with Crippen molar-refractivity contribution < 1.29 is 0 Å². The van der Waals surface area contributed by atoms with Crippen molar-refractivity contribution in [1.29, 1.82) is 0 Å². The molecule has 88 valence electrons. The highest BCUT2D eigenvalue weighted by Gasteiger charge is 2.08. The van der Waals surface area contributed by atoms with E-state index in [1.807, 2.05) is 0 Å². The second kappa shape index (κ2) is 7.89. The number of allylic oxidation sites excluding steroid dienone is 2. The number of hydrogen-bond acceptors (Lipinski definition) is 2. The Labute approximate surface area is 94.7 Å².